The van der Waals surface area contributed by atoms with Gasteiger partial charge in [-0.1, -0.05) is 44.9 Å². The van der Waals surface area contributed by atoms with E-state index in [1.165, 1.54) is 57.9 Å². The molecule has 26 heavy (non-hydrogen) atoms. The van der Waals surface area contributed by atoms with Crippen LogP contribution in [0.15, 0.2) is 4.99 Å². The normalized spacial score (nSPS) is 14.5. The maximum Gasteiger partial charge on any atom is 0.282 e. The van der Waals surface area contributed by atoms with Crippen LogP contribution in [0.3, 0.4) is 0 Å². The molecule has 1 heterocycles. The maximum absolute atomic E-state index is 5.77. The summed E-state index contributed by atoms with van der Waals surface area (Å²) in [6, 6.07) is 0. The van der Waals surface area contributed by atoms with E-state index in [4.69, 9.17) is 14.2 Å². The monoisotopic (exact) mass is 370 g/mol. The van der Waals surface area contributed by atoms with Crippen LogP contribution in [0.25, 0.3) is 0 Å². The summed E-state index contributed by atoms with van der Waals surface area (Å²) in [4.78, 5) is 6.59. The molecule has 0 aliphatic carbocycles. The Hall–Kier alpha value is -0.650. The van der Waals surface area contributed by atoms with E-state index >= 15 is 0 Å². The molecular weight excluding hydrogens is 328 g/mol. The summed E-state index contributed by atoms with van der Waals surface area (Å²) in [6.07, 6.45) is 14.5. The topological polar surface area (TPSA) is 43.3 Å². The summed E-state index contributed by atoms with van der Waals surface area (Å²) in [5.41, 5.74) is 0. The smallest absolute Gasteiger partial charge is 0.282 e. The van der Waals surface area contributed by atoms with Crippen molar-refractivity contribution in [2.75, 3.05) is 39.5 Å². The number of nitrogens with zero attached hydrogens (tertiary/aromatic N) is 2. The molecule has 0 amide bonds. The molecule has 0 aromatic carbocycles. The van der Waals surface area contributed by atoms with Gasteiger partial charge in [-0.15, -0.1) is 0 Å². The Bertz CT molecular complexity index is 333. The van der Waals surface area contributed by atoms with Gasteiger partial charge in [-0.05, 0) is 33.6 Å². The molecule has 0 spiro atoms. The van der Waals surface area contributed by atoms with Gasteiger partial charge in [0.05, 0.1) is 12.9 Å². The van der Waals surface area contributed by atoms with Crippen LogP contribution in [0, 0.1) is 0 Å². The van der Waals surface area contributed by atoms with Crippen molar-refractivity contribution in [2.45, 2.75) is 91.0 Å². The molecule has 0 radical (unpaired) electrons. The first-order valence-electron chi connectivity index (χ1n) is 10.9. The molecule has 154 valence electrons. The molecule has 0 aromatic heterocycles. The van der Waals surface area contributed by atoms with Gasteiger partial charge in [-0.3, -0.25) is 4.99 Å². The van der Waals surface area contributed by atoms with Crippen molar-refractivity contribution in [3.63, 3.8) is 0 Å². The van der Waals surface area contributed by atoms with E-state index in [-0.39, 0.29) is 0 Å². The van der Waals surface area contributed by atoms with Gasteiger partial charge in [-0.2, -0.15) is 0 Å². The SMILES string of the molecule is CCOC(CCCCCCCCCCCN1C=NCC1)(OCC)OCC. The average Bonchev–Trinajstić information content (AvgIpc) is 3.14. The van der Waals surface area contributed by atoms with Gasteiger partial charge in [-0.25, -0.2) is 0 Å². The highest BCUT2D eigenvalue weighted by atomic mass is 16.9. The predicted octanol–water partition coefficient (Wildman–Crippen LogP) is 4.99. The number of ether oxygens (including phenoxy) is 3. The fraction of sp³-hybridized carbons (Fsp3) is 0.952. The van der Waals surface area contributed by atoms with Gasteiger partial charge in [0.2, 0.25) is 0 Å². The maximum atomic E-state index is 5.77. The van der Waals surface area contributed by atoms with Gasteiger partial charge >= 0.3 is 0 Å². The van der Waals surface area contributed by atoms with Crippen LogP contribution in [0.4, 0.5) is 0 Å². The van der Waals surface area contributed by atoms with Gasteiger partial charge in [0, 0.05) is 39.3 Å². The molecule has 1 aliphatic heterocycles. The molecule has 5 nitrogen and oxygen atoms in total. The van der Waals surface area contributed by atoms with Crippen LogP contribution < -0.4 is 0 Å². The van der Waals surface area contributed by atoms with Crippen molar-refractivity contribution >= 4 is 6.34 Å². The molecule has 0 fully saturated rings. The second-order valence-corrected chi connectivity index (χ2v) is 6.97. The van der Waals surface area contributed by atoms with Crippen molar-refractivity contribution in [2.24, 2.45) is 4.99 Å². The van der Waals surface area contributed by atoms with Gasteiger partial charge in [0.1, 0.15) is 0 Å². The molecule has 1 aliphatic rings. The Morgan fingerprint density at radius 1 is 0.769 bits per heavy atom. The van der Waals surface area contributed by atoms with E-state index in [0.717, 1.165) is 25.9 Å². The molecule has 0 bridgehead atoms. The number of aliphatic imine (C=N–C) groups is 1. The standard InChI is InChI=1S/C21H42N2O3/c1-4-24-21(25-5-2,26-6-3)16-14-12-10-8-7-9-11-13-15-18-23-19-17-22-20-23/h20H,4-19H2,1-3H3. The summed E-state index contributed by atoms with van der Waals surface area (Å²) < 4.78 is 17.3. The first-order chi connectivity index (χ1) is 12.8. The Morgan fingerprint density at radius 2 is 1.27 bits per heavy atom. The van der Waals surface area contributed by atoms with Crippen LogP contribution in [0.1, 0.15) is 85.0 Å². The van der Waals surface area contributed by atoms with E-state index in [0.29, 0.717) is 19.8 Å². The molecule has 0 saturated heterocycles. The number of hydrogen-bond acceptors (Lipinski definition) is 5. The van der Waals surface area contributed by atoms with Crippen LogP contribution >= 0.6 is 0 Å². The van der Waals surface area contributed by atoms with Crippen molar-refractivity contribution in [1.29, 1.82) is 0 Å². The minimum atomic E-state index is -0.821. The first-order valence-corrected chi connectivity index (χ1v) is 10.9. The summed E-state index contributed by atoms with van der Waals surface area (Å²) in [7, 11) is 0. The predicted molar refractivity (Wildman–Crippen MR) is 109 cm³/mol. The van der Waals surface area contributed by atoms with Crippen molar-refractivity contribution in [3.05, 3.63) is 0 Å². The van der Waals surface area contributed by atoms with Gasteiger partial charge in [0.15, 0.2) is 0 Å². The van der Waals surface area contributed by atoms with Crippen molar-refractivity contribution in [3.8, 4) is 0 Å². The zero-order valence-electron chi connectivity index (χ0n) is 17.5. The zero-order valence-corrected chi connectivity index (χ0v) is 17.5. The van der Waals surface area contributed by atoms with Crippen LogP contribution in [-0.2, 0) is 14.2 Å². The number of unbranched alkanes of at least 4 members (excludes halogenated alkanes) is 8. The molecular formula is C21H42N2O3. The second kappa shape index (κ2) is 15.4. The lowest BCUT2D eigenvalue weighted by Gasteiger charge is -2.32. The highest BCUT2D eigenvalue weighted by Gasteiger charge is 2.31. The lowest BCUT2D eigenvalue weighted by Crippen LogP contribution is -2.39. The lowest BCUT2D eigenvalue weighted by molar-refractivity contribution is -0.380. The fourth-order valence-corrected chi connectivity index (χ4v) is 3.48. The van der Waals surface area contributed by atoms with Crippen molar-refractivity contribution in [1.82, 2.24) is 4.90 Å². The highest BCUT2D eigenvalue weighted by molar-refractivity contribution is 5.56. The zero-order chi connectivity index (χ0) is 18.9. The third kappa shape index (κ3) is 10.5. The summed E-state index contributed by atoms with van der Waals surface area (Å²) in [5, 5.41) is 0. The molecule has 5 heteroatoms. The van der Waals surface area contributed by atoms with Crippen molar-refractivity contribution < 1.29 is 14.2 Å². The molecule has 0 unspecified atom stereocenters. The minimum absolute atomic E-state index is 0.616. The third-order valence-corrected chi connectivity index (χ3v) is 4.78. The Balaban J connectivity index is 1.95. The fourth-order valence-electron chi connectivity index (χ4n) is 3.48. The Kier molecular flexibility index (Phi) is 13.9. The van der Waals surface area contributed by atoms with Gasteiger partial charge in [0.25, 0.3) is 5.97 Å². The average molecular weight is 371 g/mol. The Morgan fingerprint density at radius 3 is 1.73 bits per heavy atom. The lowest BCUT2D eigenvalue weighted by atomic mass is 10.1. The van der Waals surface area contributed by atoms with E-state index in [1.54, 1.807) is 0 Å². The van der Waals surface area contributed by atoms with Gasteiger partial charge < -0.3 is 19.1 Å². The second-order valence-electron chi connectivity index (χ2n) is 6.97. The summed E-state index contributed by atoms with van der Waals surface area (Å²) in [5.74, 6) is -0.821. The molecule has 0 aromatic rings. The highest BCUT2D eigenvalue weighted by Crippen LogP contribution is 2.24. The van der Waals surface area contributed by atoms with E-state index in [9.17, 15) is 0 Å². The van der Waals surface area contributed by atoms with Crippen LogP contribution in [0.2, 0.25) is 0 Å². The van der Waals surface area contributed by atoms with E-state index < -0.39 is 5.97 Å². The summed E-state index contributed by atoms with van der Waals surface area (Å²) >= 11 is 0. The molecule has 0 atom stereocenters. The third-order valence-electron chi connectivity index (χ3n) is 4.78. The minimum Gasteiger partial charge on any atom is -0.361 e. The molecule has 0 saturated carbocycles. The van der Waals surface area contributed by atoms with Crippen LogP contribution in [-0.4, -0.2) is 56.7 Å². The van der Waals surface area contributed by atoms with E-state index in [1.807, 2.05) is 27.1 Å². The number of rotatable bonds is 18. The Labute approximate surface area is 161 Å². The quantitative estimate of drug-likeness (QED) is 0.252. The largest absolute Gasteiger partial charge is 0.361 e. The summed E-state index contributed by atoms with van der Waals surface area (Å²) in [6.45, 7) is 11.1. The molecule has 0 N–H and O–H groups in total. The van der Waals surface area contributed by atoms with Crippen LogP contribution in [0.5, 0.6) is 0 Å². The first kappa shape index (κ1) is 23.4. The van der Waals surface area contributed by atoms with E-state index in [2.05, 4.69) is 9.89 Å². The molecule has 1 rings (SSSR count). The number of hydrogen-bond donors (Lipinski definition) is 0.